The van der Waals surface area contributed by atoms with Gasteiger partial charge in [-0.15, -0.1) is 0 Å². The summed E-state index contributed by atoms with van der Waals surface area (Å²) in [5.41, 5.74) is 1.37. The van der Waals surface area contributed by atoms with Gasteiger partial charge in [-0.3, -0.25) is 9.59 Å². The Morgan fingerprint density at radius 2 is 1.85 bits per heavy atom. The van der Waals surface area contributed by atoms with Gasteiger partial charge in [0.1, 0.15) is 5.92 Å². The smallest absolute Gasteiger partial charge is 0.154 e. The van der Waals surface area contributed by atoms with Crippen LogP contribution in [0.2, 0.25) is 0 Å². The van der Waals surface area contributed by atoms with Crippen LogP contribution in [-0.4, -0.2) is 16.4 Å². The summed E-state index contributed by atoms with van der Waals surface area (Å²) in [6.07, 6.45) is 0.609. The third-order valence-corrected chi connectivity index (χ3v) is 4.64. The predicted molar refractivity (Wildman–Crippen MR) is 83.9 cm³/mol. The van der Waals surface area contributed by atoms with E-state index in [-0.39, 0.29) is 17.5 Å². The van der Waals surface area contributed by atoms with Crippen molar-refractivity contribution >= 4 is 28.6 Å². The second kappa shape index (κ2) is 5.21. The minimum absolute atomic E-state index is 0.0254. The van der Waals surface area contributed by atoms with Gasteiger partial charge in [0, 0.05) is 16.2 Å². The van der Waals surface area contributed by atoms with E-state index in [0.29, 0.717) is 11.3 Å². The number of ketones is 2. The Morgan fingerprint density at radius 3 is 2.45 bits per heavy atom. The maximum Gasteiger partial charge on any atom is 0.154 e. The molecule has 1 saturated carbocycles. The topological polar surface area (TPSA) is 34.1 Å². The van der Waals surface area contributed by atoms with Crippen molar-refractivity contribution < 1.29 is 9.59 Å². The van der Waals surface area contributed by atoms with Crippen LogP contribution in [0.25, 0.3) is 0 Å². The fourth-order valence-electron chi connectivity index (χ4n) is 3.02. The maximum absolute atomic E-state index is 12.6. The van der Waals surface area contributed by atoms with Crippen LogP contribution in [0.15, 0.2) is 24.3 Å². The van der Waals surface area contributed by atoms with Crippen LogP contribution in [0.4, 0.5) is 0 Å². The molecule has 2 atom stereocenters. The van der Waals surface area contributed by atoms with Gasteiger partial charge < -0.3 is 0 Å². The molecule has 2 rings (SSSR count). The number of carbonyl (C=O) groups is 2. The van der Waals surface area contributed by atoms with Gasteiger partial charge in [-0.05, 0) is 24.5 Å². The van der Waals surface area contributed by atoms with Gasteiger partial charge in [0.05, 0.1) is 0 Å². The van der Waals surface area contributed by atoms with Crippen molar-refractivity contribution in [2.75, 3.05) is 0 Å². The third-order valence-electron chi connectivity index (χ3n) is 4.19. The van der Waals surface area contributed by atoms with Crippen molar-refractivity contribution in [2.24, 2.45) is 17.3 Å². The molecule has 0 radical (unpaired) electrons. The number of thiocarbonyl (C=S) groups is 1. The Morgan fingerprint density at radius 1 is 1.25 bits per heavy atom. The second-order valence-corrected chi connectivity index (χ2v) is 6.81. The molecule has 1 aliphatic rings. The first-order valence-corrected chi connectivity index (χ1v) is 7.34. The fraction of sp³-hybridized carbons (Fsp3) is 0.471. The van der Waals surface area contributed by atoms with Crippen LogP contribution in [0.5, 0.6) is 0 Å². The van der Waals surface area contributed by atoms with Crippen molar-refractivity contribution in [3.63, 3.8) is 0 Å². The van der Waals surface area contributed by atoms with Crippen molar-refractivity contribution in [3.05, 3.63) is 35.4 Å². The van der Waals surface area contributed by atoms with Crippen LogP contribution in [0.3, 0.4) is 0 Å². The lowest BCUT2D eigenvalue weighted by Gasteiger charge is -2.36. The number of benzene rings is 1. The summed E-state index contributed by atoms with van der Waals surface area (Å²) in [7, 11) is 0. The SMILES string of the molecule is Cc1ccccc1C(=S)C1C(=O)C(C)CC(C)(C)C1=O. The zero-order valence-corrected chi connectivity index (χ0v) is 13.2. The number of hydrogen-bond acceptors (Lipinski definition) is 3. The molecule has 2 unspecified atom stereocenters. The number of carbonyl (C=O) groups excluding carboxylic acids is 2. The number of aryl methyl sites for hydroxylation is 1. The first-order valence-electron chi connectivity index (χ1n) is 6.93. The van der Waals surface area contributed by atoms with E-state index in [4.69, 9.17) is 12.2 Å². The van der Waals surface area contributed by atoms with Gasteiger partial charge in [0.2, 0.25) is 0 Å². The van der Waals surface area contributed by atoms with Crippen molar-refractivity contribution in [1.82, 2.24) is 0 Å². The molecule has 1 aromatic rings. The Bertz CT molecular complexity index is 586. The van der Waals surface area contributed by atoms with E-state index >= 15 is 0 Å². The average Bonchev–Trinajstić information content (AvgIpc) is 2.37. The zero-order chi connectivity index (χ0) is 15.1. The van der Waals surface area contributed by atoms with Crippen LogP contribution < -0.4 is 0 Å². The Hall–Kier alpha value is -1.35. The van der Waals surface area contributed by atoms with Crippen molar-refractivity contribution in [1.29, 1.82) is 0 Å². The molecule has 0 N–H and O–H groups in total. The Labute approximate surface area is 125 Å². The number of rotatable bonds is 2. The Balaban J connectivity index is 2.44. The minimum atomic E-state index is -0.759. The van der Waals surface area contributed by atoms with E-state index in [1.165, 1.54) is 0 Å². The monoisotopic (exact) mass is 288 g/mol. The highest BCUT2D eigenvalue weighted by atomic mass is 32.1. The predicted octanol–water partition coefficient (Wildman–Crippen LogP) is 3.53. The van der Waals surface area contributed by atoms with Gasteiger partial charge in [-0.1, -0.05) is 57.3 Å². The summed E-state index contributed by atoms with van der Waals surface area (Å²) in [6, 6.07) is 7.66. The molecule has 0 saturated heterocycles. The zero-order valence-electron chi connectivity index (χ0n) is 12.4. The van der Waals surface area contributed by atoms with E-state index in [1.54, 1.807) is 0 Å². The van der Waals surface area contributed by atoms with Crippen molar-refractivity contribution in [2.45, 2.75) is 34.1 Å². The van der Waals surface area contributed by atoms with Crippen LogP contribution in [0.1, 0.15) is 38.3 Å². The molecule has 1 aliphatic carbocycles. The summed E-state index contributed by atoms with van der Waals surface area (Å²) >= 11 is 5.50. The molecule has 0 bridgehead atoms. The lowest BCUT2D eigenvalue weighted by molar-refractivity contribution is -0.142. The van der Waals surface area contributed by atoms with E-state index in [2.05, 4.69) is 0 Å². The Kier molecular flexibility index (Phi) is 3.92. The van der Waals surface area contributed by atoms with Crippen LogP contribution in [0, 0.1) is 24.2 Å². The van der Waals surface area contributed by atoms with Gasteiger partial charge >= 0.3 is 0 Å². The largest absolute Gasteiger partial charge is 0.298 e. The van der Waals surface area contributed by atoms with Gasteiger partial charge in [-0.25, -0.2) is 0 Å². The molecule has 1 aromatic carbocycles. The maximum atomic E-state index is 12.6. The molecule has 2 nitrogen and oxygen atoms in total. The summed E-state index contributed by atoms with van der Waals surface area (Å²) in [6.45, 7) is 7.66. The number of Topliss-reactive ketones (excluding diaryl/α,β-unsaturated/α-hetero) is 2. The molecule has 1 fully saturated rings. The van der Waals surface area contributed by atoms with Crippen LogP contribution >= 0.6 is 12.2 Å². The third kappa shape index (κ3) is 2.47. The molecular weight excluding hydrogens is 268 g/mol. The minimum Gasteiger partial charge on any atom is -0.298 e. The summed E-state index contributed by atoms with van der Waals surface area (Å²) in [4.78, 5) is 25.5. The number of hydrogen-bond donors (Lipinski definition) is 0. The summed E-state index contributed by atoms with van der Waals surface area (Å²) < 4.78 is 0. The van der Waals surface area contributed by atoms with E-state index < -0.39 is 11.3 Å². The average molecular weight is 288 g/mol. The van der Waals surface area contributed by atoms with E-state index in [0.717, 1.165) is 11.1 Å². The molecule has 20 heavy (non-hydrogen) atoms. The summed E-state index contributed by atoms with van der Waals surface area (Å²) in [5, 5.41) is 0. The molecule has 0 amide bonds. The fourth-order valence-corrected chi connectivity index (χ4v) is 3.48. The first-order chi connectivity index (χ1) is 9.25. The van der Waals surface area contributed by atoms with E-state index in [1.807, 2.05) is 52.0 Å². The molecule has 3 heteroatoms. The lowest BCUT2D eigenvalue weighted by atomic mass is 9.65. The molecule has 0 heterocycles. The van der Waals surface area contributed by atoms with Crippen molar-refractivity contribution in [3.8, 4) is 0 Å². The van der Waals surface area contributed by atoms with Gasteiger partial charge in [0.15, 0.2) is 11.6 Å². The second-order valence-electron chi connectivity index (χ2n) is 6.37. The van der Waals surface area contributed by atoms with Gasteiger partial charge in [-0.2, -0.15) is 0 Å². The molecule has 106 valence electrons. The quantitative estimate of drug-likeness (QED) is 0.474. The molecular formula is C17H20O2S. The van der Waals surface area contributed by atoms with Crippen LogP contribution in [-0.2, 0) is 9.59 Å². The lowest BCUT2D eigenvalue weighted by Crippen LogP contribution is -2.48. The molecule has 0 spiro atoms. The standard InChI is InChI=1S/C17H20O2S/c1-10-7-5-6-8-12(10)15(20)13-14(18)11(2)9-17(3,4)16(13)19/h5-8,11,13H,9H2,1-4H3. The van der Waals surface area contributed by atoms with Gasteiger partial charge in [0.25, 0.3) is 0 Å². The van der Waals surface area contributed by atoms with E-state index in [9.17, 15) is 9.59 Å². The summed E-state index contributed by atoms with van der Waals surface area (Å²) in [5.74, 6) is -0.934. The molecule has 0 aromatic heterocycles. The first kappa shape index (κ1) is 15.0. The highest BCUT2D eigenvalue weighted by molar-refractivity contribution is 7.81. The highest BCUT2D eigenvalue weighted by Gasteiger charge is 2.47. The normalized spacial score (nSPS) is 25.6. The highest BCUT2D eigenvalue weighted by Crippen LogP contribution is 2.38. The molecule has 0 aliphatic heterocycles.